The van der Waals surface area contributed by atoms with E-state index in [0.717, 1.165) is 17.4 Å². The molecule has 0 aliphatic heterocycles. The summed E-state index contributed by atoms with van der Waals surface area (Å²) in [6.07, 6.45) is 0. The number of hydrogen-bond acceptors (Lipinski definition) is 2. The Hall–Kier alpha value is -0.830. The molecule has 0 saturated heterocycles. The number of aryl methyl sites for hydroxylation is 1. The van der Waals surface area contributed by atoms with E-state index < -0.39 is 0 Å². The number of halogens is 1. The average Bonchev–Trinajstić information content (AvgIpc) is 2.74. The van der Waals surface area contributed by atoms with Gasteiger partial charge in [-0.2, -0.15) is 0 Å². The largest absolute Gasteiger partial charge is 0.313 e. The number of nitrogens with one attached hydrogen (secondary N) is 1. The van der Waals surface area contributed by atoms with Crippen molar-refractivity contribution in [3.05, 3.63) is 45.8 Å². The van der Waals surface area contributed by atoms with Gasteiger partial charge in [-0.1, -0.05) is 42.3 Å². The summed E-state index contributed by atoms with van der Waals surface area (Å²) in [7, 11) is 0. The van der Waals surface area contributed by atoms with Gasteiger partial charge in [-0.05, 0) is 36.7 Å². The van der Waals surface area contributed by atoms with Crippen LogP contribution in [-0.2, 0) is 6.54 Å². The lowest BCUT2D eigenvalue weighted by molar-refractivity contribution is 0.728. The molecule has 0 unspecified atom stereocenters. The van der Waals surface area contributed by atoms with Crippen molar-refractivity contribution in [1.82, 2.24) is 5.32 Å². The topological polar surface area (TPSA) is 12.0 Å². The standard InChI is InChI=1S/C14H16ClNS/c1-3-16-9-11-5-4-10(2)8-12(11)13-6-7-14(15)17-13/h4-8,16H,3,9H2,1-2H3. The molecule has 0 aliphatic carbocycles. The molecule has 2 rings (SSSR count). The predicted molar refractivity (Wildman–Crippen MR) is 76.9 cm³/mol. The second kappa shape index (κ2) is 5.67. The second-order valence-electron chi connectivity index (χ2n) is 4.04. The summed E-state index contributed by atoms with van der Waals surface area (Å²) in [5, 5.41) is 3.37. The molecule has 0 aliphatic rings. The monoisotopic (exact) mass is 265 g/mol. The third-order valence-electron chi connectivity index (χ3n) is 2.67. The first-order chi connectivity index (χ1) is 8.20. The first kappa shape index (κ1) is 12.6. The van der Waals surface area contributed by atoms with Gasteiger partial charge in [0, 0.05) is 11.4 Å². The molecule has 1 nitrogen and oxygen atoms in total. The molecule has 1 aromatic carbocycles. The maximum absolute atomic E-state index is 6.01. The van der Waals surface area contributed by atoms with Crippen LogP contribution in [0, 0.1) is 6.92 Å². The Bertz CT molecular complexity index is 505. The van der Waals surface area contributed by atoms with E-state index in [-0.39, 0.29) is 0 Å². The molecular weight excluding hydrogens is 250 g/mol. The summed E-state index contributed by atoms with van der Waals surface area (Å²) in [4.78, 5) is 1.24. The summed E-state index contributed by atoms with van der Waals surface area (Å²) in [5.74, 6) is 0. The van der Waals surface area contributed by atoms with Gasteiger partial charge in [0.1, 0.15) is 0 Å². The van der Waals surface area contributed by atoms with Crippen molar-refractivity contribution in [2.24, 2.45) is 0 Å². The molecule has 17 heavy (non-hydrogen) atoms. The van der Waals surface area contributed by atoms with Gasteiger partial charge in [0.25, 0.3) is 0 Å². The zero-order valence-electron chi connectivity index (χ0n) is 10.1. The van der Waals surface area contributed by atoms with Crippen molar-refractivity contribution in [3.63, 3.8) is 0 Å². The van der Waals surface area contributed by atoms with Crippen LogP contribution in [0.15, 0.2) is 30.3 Å². The molecular formula is C14H16ClNS. The highest BCUT2D eigenvalue weighted by Crippen LogP contribution is 2.33. The Labute approximate surface area is 111 Å². The molecule has 3 heteroatoms. The van der Waals surface area contributed by atoms with Crippen LogP contribution in [0.1, 0.15) is 18.1 Å². The van der Waals surface area contributed by atoms with E-state index >= 15 is 0 Å². The molecule has 0 amide bonds. The molecule has 0 saturated carbocycles. The molecule has 90 valence electrons. The number of thiophene rings is 1. The van der Waals surface area contributed by atoms with Crippen LogP contribution in [-0.4, -0.2) is 6.54 Å². The van der Waals surface area contributed by atoms with E-state index in [0.29, 0.717) is 0 Å². The maximum Gasteiger partial charge on any atom is 0.0934 e. The zero-order valence-corrected chi connectivity index (χ0v) is 11.7. The third kappa shape index (κ3) is 3.09. The quantitative estimate of drug-likeness (QED) is 0.859. The minimum absolute atomic E-state index is 0.843. The van der Waals surface area contributed by atoms with Crippen LogP contribution in [0.3, 0.4) is 0 Å². The summed E-state index contributed by atoms with van der Waals surface area (Å²) in [6, 6.07) is 10.6. The molecule has 0 bridgehead atoms. The van der Waals surface area contributed by atoms with E-state index in [4.69, 9.17) is 11.6 Å². The second-order valence-corrected chi connectivity index (χ2v) is 5.76. The Morgan fingerprint density at radius 1 is 1.24 bits per heavy atom. The van der Waals surface area contributed by atoms with E-state index in [1.807, 2.05) is 6.07 Å². The average molecular weight is 266 g/mol. The van der Waals surface area contributed by atoms with Crippen molar-refractivity contribution in [2.75, 3.05) is 6.54 Å². The molecule has 0 fully saturated rings. The van der Waals surface area contributed by atoms with Crippen molar-refractivity contribution in [3.8, 4) is 10.4 Å². The van der Waals surface area contributed by atoms with Gasteiger partial charge in [-0.15, -0.1) is 11.3 Å². The molecule has 0 radical (unpaired) electrons. The highest BCUT2D eigenvalue weighted by atomic mass is 35.5. The van der Waals surface area contributed by atoms with Gasteiger partial charge in [0.15, 0.2) is 0 Å². The lowest BCUT2D eigenvalue weighted by atomic mass is 10.0. The number of rotatable bonds is 4. The molecule has 1 heterocycles. The molecule has 1 N–H and O–H groups in total. The normalized spacial score (nSPS) is 10.8. The van der Waals surface area contributed by atoms with Crippen molar-refractivity contribution in [1.29, 1.82) is 0 Å². The SMILES string of the molecule is CCNCc1ccc(C)cc1-c1ccc(Cl)s1. The number of hydrogen-bond donors (Lipinski definition) is 1. The van der Waals surface area contributed by atoms with Crippen LogP contribution in [0.5, 0.6) is 0 Å². The van der Waals surface area contributed by atoms with Crippen LogP contribution >= 0.6 is 22.9 Å². The summed E-state index contributed by atoms with van der Waals surface area (Å²) in [6.45, 7) is 6.13. The Morgan fingerprint density at radius 2 is 2.06 bits per heavy atom. The summed E-state index contributed by atoms with van der Waals surface area (Å²) >= 11 is 7.64. The molecule has 2 aromatic rings. The van der Waals surface area contributed by atoms with Crippen LogP contribution in [0.4, 0.5) is 0 Å². The summed E-state index contributed by atoms with van der Waals surface area (Å²) in [5.41, 5.74) is 3.91. The maximum atomic E-state index is 6.01. The number of benzene rings is 1. The lowest BCUT2D eigenvalue weighted by Crippen LogP contribution is -2.12. The van der Waals surface area contributed by atoms with Crippen LogP contribution in [0.25, 0.3) is 10.4 Å². The van der Waals surface area contributed by atoms with Gasteiger partial charge < -0.3 is 5.32 Å². The Morgan fingerprint density at radius 3 is 2.71 bits per heavy atom. The predicted octanol–water partition coefficient (Wildman–Crippen LogP) is 4.49. The fraction of sp³-hybridized carbons (Fsp3) is 0.286. The first-order valence-corrected chi connectivity index (χ1v) is 6.96. The fourth-order valence-corrected chi connectivity index (χ4v) is 2.89. The van der Waals surface area contributed by atoms with Gasteiger partial charge in [0.2, 0.25) is 0 Å². The van der Waals surface area contributed by atoms with E-state index in [1.54, 1.807) is 11.3 Å². The van der Waals surface area contributed by atoms with E-state index in [1.165, 1.54) is 21.6 Å². The first-order valence-electron chi connectivity index (χ1n) is 5.76. The van der Waals surface area contributed by atoms with E-state index in [9.17, 15) is 0 Å². The van der Waals surface area contributed by atoms with Crippen molar-refractivity contribution in [2.45, 2.75) is 20.4 Å². The van der Waals surface area contributed by atoms with Gasteiger partial charge >= 0.3 is 0 Å². The molecule has 0 spiro atoms. The smallest absolute Gasteiger partial charge is 0.0934 e. The zero-order chi connectivity index (χ0) is 12.3. The highest BCUT2D eigenvalue weighted by Gasteiger charge is 2.07. The molecule has 0 atom stereocenters. The van der Waals surface area contributed by atoms with Gasteiger partial charge in [0.05, 0.1) is 4.34 Å². The Kier molecular flexibility index (Phi) is 4.21. The van der Waals surface area contributed by atoms with Crippen molar-refractivity contribution < 1.29 is 0 Å². The van der Waals surface area contributed by atoms with Gasteiger partial charge in [-0.3, -0.25) is 0 Å². The fourth-order valence-electron chi connectivity index (χ4n) is 1.79. The minimum Gasteiger partial charge on any atom is -0.313 e. The molecule has 1 aromatic heterocycles. The summed E-state index contributed by atoms with van der Waals surface area (Å²) < 4.78 is 0.843. The van der Waals surface area contributed by atoms with Crippen LogP contribution < -0.4 is 5.32 Å². The van der Waals surface area contributed by atoms with E-state index in [2.05, 4.69) is 43.4 Å². The van der Waals surface area contributed by atoms with Crippen molar-refractivity contribution >= 4 is 22.9 Å². The lowest BCUT2D eigenvalue weighted by Gasteiger charge is -2.09. The highest BCUT2D eigenvalue weighted by molar-refractivity contribution is 7.19. The van der Waals surface area contributed by atoms with Crippen LogP contribution in [0.2, 0.25) is 4.34 Å². The van der Waals surface area contributed by atoms with Gasteiger partial charge in [-0.25, -0.2) is 0 Å². The Balaban J connectivity index is 2.39. The minimum atomic E-state index is 0.843. The third-order valence-corrected chi connectivity index (χ3v) is 3.93.